The third-order valence-corrected chi connectivity index (χ3v) is 1.52. The fraction of sp³-hybridized carbons (Fsp3) is 0.429. The van der Waals surface area contributed by atoms with Crippen LogP contribution in [0, 0.1) is 0 Å². The summed E-state index contributed by atoms with van der Waals surface area (Å²) in [6, 6.07) is 0. The van der Waals surface area contributed by atoms with E-state index in [9.17, 15) is 4.79 Å². The number of nitrogens with zero attached hydrogens (tertiary/aromatic N) is 1. The van der Waals surface area contributed by atoms with Gasteiger partial charge < -0.3 is 9.84 Å². The largest absolute Gasteiger partial charge is 0.468 e. The van der Waals surface area contributed by atoms with E-state index in [2.05, 4.69) is 14.9 Å². The van der Waals surface area contributed by atoms with Gasteiger partial charge in [0, 0.05) is 6.42 Å². The first kappa shape index (κ1) is 8.73. The number of aliphatic hydroxyl groups is 1. The monoisotopic (exact) mass is 170 g/mol. The lowest BCUT2D eigenvalue weighted by Gasteiger charge is -1.98. The van der Waals surface area contributed by atoms with Crippen molar-refractivity contribution in [2.45, 2.75) is 13.0 Å². The highest BCUT2D eigenvalue weighted by Crippen LogP contribution is 2.04. The number of hydrogen-bond donors (Lipinski definition) is 2. The first-order valence-corrected chi connectivity index (χ1v) is 3.55. The van der Waals surface area contributed by atoms with E-state index in [1.165, 1.54) is 0 Å². The molecule has 1 heterocycles. The van der Waals surface area contributed by atoms with Crippen molar-refractivity contribution in [1.29, 1.82) is 0 Å². The number of aromatic nitrogens is 2. The van der Waals surface area contributed by atoms with Gasteiger partial charge in [-0.3, -0.25) is 9.89 Å². The Morgan fingerprint density at radius 1 is 1.75 bits per heavy atom. The van der Waals surface area contributed by atoms with E-state index in [0.29, 0.717) is 25.2 Å². The van der Waals surface area contributed by atoms with E-state index in [1.54, 1.807) is 6.20 Å². The highest BCUT2D eigenvalue weighted by atomic mass is 16.5. The molecule has 0 radical (unpaired) electrons. The summed E-state index contributed by atoms with van der Waals surface area (Å²) in [5, 5.41) is 15.2. The molecule has 0 saturated carbocycles. The van der Waals surface area contributed by atoms with Crippen LogP contribution in [0.3, 0.4) is 0 Å². The Bertz CT molecular complexity index is 247. The second-order valence-electron chi connectivity index (χ2n) is 2.25. The molecule has 12 heavy (non-hydrogen) atoms. The molecule has 0 aliphatic heterocycles. The molecule has 1 aromatic rings. The quantitative estimate of drug-likeness (QED) is 0.466. The minimum Gasteiger partial charge on any atom is -0.468 e. The number of carbonyl (C=O) groups excluding carboxylic acids is 1. The fourth-order valence-corrected chi connectivity index (χ4v) is 0.907. The summed E-state index contributed by atoms with van der Waals surface area (Å²) >= 11 is 0. The van der Waals surface area contributed by atoms with Crippen LogP contribution in [-0.2, 0) is 22.6 Å². The van der Waals surface area contributed by atoms with Crippen molar-refractivity contribution in [3.8, 4) is 0 Å². The Morgan fingerprint density at radius 2 is 2.58 bits per heavy atom. The van der Waals surface area contributed by atoms with Crippen LogP contribution >= 0.6 is 0 Å². The molecule has 0 saturated heterocycles. The van der Waals surface area contributed by atoms with Crippen molar-refractivity contribution >= 4 is 6.47 Å². The van der Waals surface area contributed by atoms with Crippen LogP contribution in [0.4, 0.5) is 0 Å². The lowest BCUT2D eigenvalue weighted by atomic mass is 10.2. The van der Waals surface area contributed by atoms with Crippen LogP contribution in [0.1, 0.15) is 11.3 Å². The molecule has 0 amide bonds. The van der Waals surface area contributed by atoms with Crippen molar-refractivity contribution < 1.29 is 14.6 Å². The number of carbonyl (C=O) groups is 1. The van der Waals surface area contributed by atoms with E-state index < -0.39 is 0 Å². The highest BCUT2D eigenvalue weighted by molar-refractivity contribution is 5.37. The van der Waals surface area contributed by atoms with E-state index in [4.69, 9.17) is 5.11 Å². The summed E-state index contributed by atoms with van der Waals surface area (Å²) in [5.74, 6) is 0. The second-order valence-corrected chi connectivity index (χ2v) is 2.25. The summed E-state index contributed by atoms with van der Waals surface area (Å²) in [7, 11) is 0. The fourth-order valence-electron chi connectivity index (χ4n) is 0.907. The van der Waals surface area contributed by atoms with Gasteiger partial charge in [-0.25, -0.2) is 0 Å². The van der Waals surface area contributed by atoms with E-state index in [0.717, 1.165) is 5.56 Å². The molecule has 1 rings (SSSR count). The van der Waals surface area contributed by atoms with Gasteiger partial charge in [0.25, 0.3) is 6.47 Å². The number of ether oxygens (including phenoxy) is 1. The van der Waals surface area contributed by atoms with Gasteiger partial charge in [0.2, 0.25) is 0 Å². The summed E-state index contributed by atoms with van der Waals surface area (Å²) in [6.45, 7) is 0.644. The maximum atomic E-state index is 9.79. The number of hydrogen-bond acceptors (Lipinski definition) is 4. The first-order chi connectivity index (χ1) is 5.88. The number of aliphatic hydroxyl groups excluding tert-OH is 1. The standard InChI is InChI=1S/C7H10N2O3/c10-4-7-6(3-8-9-7)1-2-12-5-11/h3,5,10H,1-2,4H2,(H,8,9). The topological polar surface area (TPSA) is 75.2 Å². The minimum atomic E-state index is -0.0730. The molecule has 0 aliphatic rings. The molecule has 0 atom stereocenters. The molecule has 5 heteroatoms. The van der Waals surface area contributed by atoms with Crippen LogP contribution in [0.2, 0.25) is 0 Å². The third-order valence-electron chi connectivity index (χ3n) is 1.52. The lowest BCUT2D eigenvalue weighted by Crippen LogP contribution is -1.98. The summed E-state index contributed by atoms with van der Waals surface area (Å²) in [6.07, 6.45) is 2.19. The molecule has 0 aliphatic carbocycles. The zero-order valence-corrected chi connectivity index (χ0v) is 6.49. The van der Waals surface area contributed by atoms with Gasteiger partial charge in [-0.05, 0) is 5.56 Å². The zero-order valence-electron chi connectivity index (χ0n) is 6.49. The van der Waals surface area contributed by atoms with Crippen molar-refractivity contribution in [2.75, 3.05) is 6.61 Å². The van der Waals surface area contributed by atoms with Crippen LogP contribution in [-0.4, -0.2) is 28.4 Å². The van der Waals surface area contributed by atoms with Crippen LogP contribution in [0.5, 0.6) is 0 Å². The Hall–Kier alpha value is -1.36. The predicted molar refractivity (Wildman–Crippen MR) is 40.2 cm³/mol. The predicted octanol–water partition coefficient (Wildman–Crippen LogP) is -0.383. The molecule has 0 bridgehead atoms. The van der Waals surface area contributed by atoms with Crippen LogP contribution in [0.25, 0.3) is 0 Å². The minimum absolute atomic E-state index is 0.0730. The smallest absolute Gasteiger partial charge is 0.293 e. The average Bonchev–Trinajstić information content (AvgIpc) is 2.52. The summed E-state index contributed by atoms with van der Waals surface area (Å²) in [4.78, 5) is 9.79. The van der Waals surface area contributed by atoms with Gasteiger partial charge in [0.1, 0.15) is 0 Å². The molecule has 0 unspecified atom stereocenters. The summed E-state index contributed by atoms with van der Waals surface area (Å²) < 4.78 is 4.50. The van der Waals surface area contributed by atoms with Crippen molar-refractivity contribution in [3.05, 3.63) is 17.5 Å². The van der Waals surface area contributed by atoms with Gasteiger partial charge in [-0.1, -0.05) is 0 Å². The number of aromatic amines is 1. The molecule has 2 N–H and O–H groups in total. The Morgan fingerprint density at radius 3 is 3.25 bits per heavy atom. The van der Waals surface area contributed by atoms with E-state index in [-0.39, 0.29) is 6.61 Å². The molecule has 0 fully saturated rings. The van der Waals surface area contributed by atoms with E-state index in [1.807, 2.05) is 0 Å². The van der Waals surface area contributed by atoms with Crippen LogP contribution < -0.4 is 0 Å². The molecular weight excluding hydrogens is 160 g/mol. The Kier molecular flexibility index (Phi) is 3.28. The number of H-pyrrole nitrogens is 1. The number of rotatable bonds is 5. The zero-order chi connectivity index (χ0) is 8.81. The number of nitrogens with one attached hydrogen (secondary N) is 1. The summed E-state index contributed by atoms with van der Waals surface area (Å²) in [5.41, 5.74) is 1.55. The van der Waals surface area contributed by atoms with Crippen molar-refractivity contribution in [1.82, 2.24) is 10.2 Å². The third kappa shape index (κ3) is 2.06. The molecule has 5 nitrogen and oxygen atoms in total. The Labute approximate surface area is 69.4 Å². The maximum absolute atomic E-state index is 9.79. The van der Waals surface area contributed by atoms with Gasteiger partial charge in [-0.15, -0.1) is 0 Å². The molecular formula is C7H10N2O3. The lowest BCUT2D eigenvalue weighted by molar-refractivity contribution is -0.128. The SMILES string of the molecule is O=COCCc1cn[nH]c1CO. The molecule has 66 valence electrons. The second kappa shape index (κ2) is 4.50. The average molecular weight is 170 g/mol. The van der Waals surface area contributed by atoms with Gasteiger partial charge >= 0.3 is 0 Å². The van der Waals surface area contributed by atoms with Crippen molar-refractivity contribution in [3.63, 3.8) is 0 Å². The Balaban J connectivity index is 2.44. The first-order valence-electron chi connectivity index (χ1n) is 3.55. The molecule has 1 aromatic heterocycles. The highest BCUT2D eigenvalue weighted by Gasteiger charge is 2.02. The van der Waals surface area contributed by atoms with Gasteiger partial charge in [0.15, 0.2) is 0 Å². The van der Waals surface area contributed by atoms with E-state index >= 15 is 0 Å². The van der Waals surface area contributed by atoms with Crippen LogP contribution in [0.15, 0.2) is 6.20 Å². The molecule has 0 aromatic carbocycles. The van der Waals surface area contributed by atoms with Crippen molar-refractivity contribution in [2.24, 2.45) is 0 Å². The normalized spacial score (nSPS) is 9.75. The van der Waals surface area contributed by atoms with Gasteiger partial charge in [0.05, 0.1) is 25.1 Å². The molecule has 0 spiro atoms. The van der Waals surface area contributed by atoms with Gasteiger partial charge in [-0.2, -0.15) is 5.10 Å². The maximum Gasteiger partial charge on any atom is 0.293 e.